The molecule has 16 heavy (non-hydrogen) atoms. The molecule has 0 aliphatic heterocycles. The maximum atomic E-state index is 2.62. The van der Waals surface area contributed by atoms with Gasteiger partial charge < -0.3 is 0 Å². The minimum Gasteiger partial charge on any atom is -0.0883 e. The van der Waals surface area contributed by atoms with E-state index in [1.165, 1.54) is 19.3 Å². The van der Waals surface area contributed by atoms with E-state index in [2.05, 4.69) is 51.4 Å². The Bertz CT molecular complexity index is 290. The Balaban J connectivity index is 2.41. The standard InChI is InChI=1S/C14H28Si2/c1-15(2,3)14(16(4,5)6)12-10-8-7-9-11-13(12)14/h8,10,12-13H,7,9,11H2,1-6H3. The van der Waals surface area contributed by atoms with E-state index in [9.17, 15) is 0 Å². The fraction of sp³-hybridized carbons (Fsp3) is 0.857. The lowest BCUT2D eigenvalue weighted by atomic mass is 10.2. The maximum Gasteiger partial charge on any atom is 0.0489 e. The van der Waals surface area contributed by atoms with E-state index in [-0.39, 0.29) is 0 Å². The van der Waals surface area contributed by atoms with Gasteiger partial charge in [-0.1, -0.05) is 51.4 Å². The summed E-state index contributed by atoms with van der Waals surface area (Å²) in [5.74, 6) is 2.03. The molecule has 0 N–H and O–H groups in total. The summed E-state index contributed by atoms with van der Waals surface area (Å²) in [6.07, 6.45) is 9.36. The van der Waals surface area contributed by atoms with E-state index in [1.54, 1.807) is 0 Å². The molecule has 0 aromatic carbocycles. The molecule has 1 fully saturated rings. The van der Waals surface area contributed by atoms with E-state index >= 15 is 0 Å². The molecule has 0 spiro atoms. The molecule has 0 aromatic heterocycles. The third kappa shape index (κ3) is 1.52. The second kappa shape index (κ2) is 3.58. The van der Waals surface area contributed by atoms with Gasteiger partial charge in [-0.25, -0.2) is 0 Å². The summed E-state index contributed by atoms with van der Waals surface area (Å²) in [6.45, 7) is 15.7. The summed E-state index contributed by atoms with van der Waals surface area (Å²) < 4.78 is 0.803. The van der Waals surface area contributed by atoms with Crippen LogP contribution in [0.25, 0.3) is 0 Å². The lowest BCUT2D eigenvalue weighted by Crippen LogP contribution is -2.48. The molecule has 0 nitrogen and oxygen atoms in total. The van der Waals surface area contributed by atoms with Crippen LogP contribution in [0.5, 0.6) is 0 Å². The molecular formula is C14H28Si2. The molecule has 0 radical (unpaired) electrons. The van der Waals surface area contributed by atoms with Gasteiger partial charge in [0.05, 0.1) is 0 Å². The molecule has 0 bridgehead atoms. The van der Waals surface area contributed by atoms with Crippen molar-refractivity contribution in [2.45, 2.75) is 63.2 Å². The first-order valence-electron chi connectivity index (χ1n) is 6.89. The first-order chi connectivity index (χ1) is 7.23. The van der Waals surface area contributed by atoms with Gasteiger partial charge in [0.2, 0.25) is 0 Å². The van der Waals surface area contributed by atoms with Crippen molar-refractivity contribution in [2.24, 2.45) is 11.8 Å². The van der Waals surface area contributed by atoms with E-state index in [4.69, 9.17) is 0 Å². The predicted octanol–water partition coefficient (Wildman–Crippen LogP) is 4.93. The van der Waals surface area contributed by atoms with Crippen molar-refractivity contribution in [3.05, 3.63) is 12.2 Å². The Hall–Kier alpha value is 0.174. The van der Waals surface area contributed by atoms with E-state index in [1.807, 2.05) is 0 Å². The maximum absolute atomic E-state index is 2.62. The molecular weight excluding hydrogens is 224 g/mol. The lowest BCUT2D eigenvalue weighted by Gasteiger charge is -2.41. The summed E-state index contributed by atoms with van der Waals surface area (Å²) >= 11 is 0. The molecule has 2 aliphatic carbocycles. The quantitative estimate of drug-likeness (QED) is 0.483. The van der Waals surface area contributed by atoms with Crippen molar-refractivity contribution in [1.82, 2.24) is 0 Å². The molecule has 0 amide bonds. The Morgan fingerprint density at radius 1 is 1.00 bits per heavy atom. The Morgan fingerprint density at radius 2 is 1.56 bits per heavy atom. The highest BCUT2D eigenvalue weighted by atomic mass is 28.4. The monoisotopic (exact) mass is 252 g/mol. The summed E-state index contributed by atoms with van der Waals surface area (Å²) in [5, 5.41) is 0. The molecule has 2 atom stereocenters. The summed E-state index contributed by atoms with van der Waals surface area (Å²) in [4.78, 5) is 0. The smallest absolute Gasteiger partial charge is 0.0489 e. The minimum absolute atomic E-state index is 0.803. The van der Waals surface area contributed by atoms with Crippen molar-refractivity contribution < 1.29 is 0 Å². The van der Waals surface area contributed by atoms with Gasteiger partial charge in [0.25, 0.3) is 0 Å². The number of fused-ring (bicyclic) bond motifs is 1. The molecule has 0 heterocycles. The number of hydrogen-bond donors (Lipinski definition) is 0. The van der Waals surface area contributed by atoms with Crippen LogP contribution >= 0.6 is 0 Å². The van der Waals surface area contributed by atoms with Crippen molar-refractivity contribution in [1.29, 1.82) is 0 Å². The third-order valence-corrected chi connectivity index (χ3v) is 16.0. The van der Waals surface area contributed by atoms with E-state index in [0.717, 1.165) is 16.5 Å². The first-order valence-corrected chi connectivity index (χ1v) is 13.9. The van der Waals surface area contributed by atoms with Crippen molar-refractivity contribution in [3.63, 3.8) is 0 Å². The van der Waals surface area contributed by atoms with Gasteiger partial charge in [-0.15, -0.1) is 0 Å². The average Bonchev–Trinajstić information content (AvgIpc) is 2.68. The zero-order valence-electron chi connectivity index (χ0n) is 11.9. The third-order valence-electron chi connectivity index (χ3n) is 5.15. The molecule has 0 saturated heterocycles. The topological polar surface area (TPSA) is 0 Å². The van der Waals surface area contributed by atoms with Crippen LogP contribution in [-0.2, 0) is 0 Å². The van der Waals surface area contributed by atoms with Crippen LogP contribution in [0.1, 0.15) is 19.3 Å². The van der Waals surface area contributed by atoms with Gasteiger partial charge in [0.15, 0.2) is 0 Å². The molecule has 2 aliphatic rings. The van der Waals surface area contributed by atoms with Crippen LogP contribution < -0.4 is 0 Å². The zero-order valence-corrected chi connectivity index (χ0v) is 13.9. The van der Waals surface area contributed by atoms with Crippen LogP contribution in [0.2, 0.25) is 43.9 Å². The molecule has 2 unspecified atom stereocenters. The van der Waals surface area contributed by atoms with Crippen LogP contribution in [-0.4, -0.2) is 16.1 Å². The lowest BCUT2D eigenvalue weighted by molar-refractivity contribution is 0.654. The fourth-order valence-corrected chi connectivity index (χ4v) is 19.4. The van der Waals surface area contributed by atoms with Crippen LogP contribution in [0.3, 0.4) is 0 Å². The minimum atomic E-state index is -1.05. The summed E-state index contributed by atoms with van der Waals surface area (Å²) in [7, 11) is -2.10. The van der Waals surface area contributed by atoms with E-state index in [0.29, 0.717) is 0 Å². The van der Waals surface area contributed by atoms with E-state index < -0.39 is 16.1 Å². The number of allylic oxidation sites excluding steroid dienone is 2. The summed E-state index contributed by atoms with van der Waals surface area (Å²) in [6, 6.07) is 0. The van der Waals surface area contributed by atoms with Crippen molar-refractivity contribution >= 4 is 16.1 Å². The Labute approximate surface area is 104 Å². The highest BCUT2D eigenvalue weighted by Crippen LogP contribution is 2.77. The fourth-order valence-electron chi connectivity index (χ4n) is 5.12. The average molecular weight is 253 g/mol. The Morgan fingerprint density at radius 3 is 2.06 bits per heavy atom. The molecule has 0 aromatic rings. The second-order valence-electron chi connectivity index (χ2n) is 7.86. The first kappa shape index (κ1) is 12.6. The number of rotatable bonds is 2. The SMILES string of the molecule is C[Si](C)(C)C1([Si](C)(C)C)C2C=CCCCC21. The highest BCUT2D eigenvalue weighted by molar-refractivity contribution is 7.00. The van der Waals surface area contributed by atoms with Gasteiger partial charge >= 0.3 is 0 Å². The Kier molecular flexibility index (Phi) is 2.83. The number of hydrogen-bond acceptors (Lipinski definition) is 0. The van der Waals surface area contributed by atoms with Crippen LogP contribution in [0, 0.1) is 11.8 Å². The van der Waals surface area contributed by atoms with Gasteiger partial charge in [0, 0.05) is 16.1 Å². The second-order valence-corrected chi connectivity index (χ2v) is 19.0. The van der Waals surface area contributed by atoms with Crippen LogP contribution in [0.15, 0.2) is 12.2 Å². The predicted molar refractivity (Wildman–Crippen MR) is 79.4 cm³/mol. The molecule has 92 valence electrons. The van der Waals surface area contributed by atoms with Gasteiger partial charge in [0.1, 0.15) is 0 Å². The van der Waals surface area contributed by atoms with Gasteiger partial charge in [-0.3, -0.25) is 0 Å². The molecule has 2 rings (SSSR count). The van der Waals surface area contributed by atoms with Crippen LogP contribution in [0.4, 0.5) is 0 Å². The van der Waals surface area contributed by atoms with Gasteiger partial charge in [-0.2, -0.15) is 0 Å². The largest absolute Gasteiger partial charge is 0.0883 e. The highest BCUT2D eigenvalue weighted by Gasteiger charge is 2.73. The van der Waals surface area contributed by atoms with Crippen molar-refractivity contribution in [3.8, 4) is 0 Å². The zero-order chi connectivity index (χ0) is 12.2. The molecule has 2 heteroatoms. The van der Waals surface area contributed by atoms with Crippen molar-refractivity contribution in [2.75, 3.05) is 0 Å². The normalized spacial score (nSPS) is 33.1. The molecule has 1 saturated carbocycles. The van der Waals surface area contributed by atoms with Gasteiger partial charge in [-0.05, 0) is 35.8 Å². The summed E-state index contributed by atoms with van der Waals surface area (Å²) in [5.41, 5.74) is 0.